The fourth-order valence-corrected chi connectivity index (χ4v) is 3.72. The van der Waals surface area contributed by atoms with Gasteiger partial charge in [0.25, 0.3) is 0 Å². The molecule has 1 aliphatic heterocycles. The van der Waals surface area contributed by atoms with Crippen molar-refractivity contribution in [2.45, 2.75) is 31.9 Å². The Morgan fingerprint density at radius 1 is 1.06 bits per heavy atom. The van der Waals surface area contributed by atoms with Crippen LogP contribution >= 0.6 is 0 Å². The molecule has 1 atom stereocenters. The highest BCUT2D eigenvalue weighted by atomic mass is 16.3. The molecule has 5 N–H and O–H groups in total. The molecule has 3 rings (SSSR count). The van der Waals surface area contributed by atoms with E-state index in [1.54, 1.807) is 12.1 Å². The molecule has 1 heterocycles. The number of unbranched alkanes of at least 4 members (excludes halogenated alkanes) is 2. The minimum absolute atomic E-state index is 0.0217. The van der Waals surface area contributed by atoms with E-state index in [-0.39, 0.29) is 5.91 Å². The number of anilines is 3. The number of para-hydroxylation sites is 2. The van der Waals surface area contributed by atoms with E-state index < -0.39 is 6.23 Å². The number of carbonyl (C=O) groups is 1. The van der Waals surface area contributed by atoms with Crippen molar-refractivity contribution in [3.05, 3.63) is 54.1 Å². The van der Waals surface area contributed by atoms with Gasteiger partial charge in [0.2, 0.25) is 5.91 Å². The van der Waals surface area contributed by atoms with Gasteiger partial charge in [0.05, 0.1) is 11.4 Å². The second kappa shape index (κ2) is 11.7. The molecule has 2 aromatic rings. The van der Waals surface area contributed by atoms with Gasteiger partial charge in [-0.05, 0) is 56.3 Å². The number of benzene rings is 2. The molecule has 2 aromatic carbocycles. The van der Waals surface area contributed by atoms with Gasteiger partial charge in [-0.25, -0.2) is 0 Å². The summed E-state index contributed by atoms with van der Waals surface area (Å²) in [6.45, 7) is 4.83. The summed E-state index contributed by atoms with van der Waals surface area (Å²) < 4.78 is 0. The van der Waals surface area contributed by atoms with E-state index in [1.165, 1.54) is 0 Å². The lowest BCUT2D eigenvalue weighted by atomic mass is 10.1. The van der Waals surface area contributed by atoms with Crippen LogP contribution in [0.1, 0.15) is 37.5 Å². The predicted molar refractivity (Wildman–Crippen MR) is 127 cm³/mol. The summed E-state index contributed by atoms with van der Waals surface area (Å²) in [6.07, 6.45) is 2.39. The van der Waals surface area contributed by atoms with E-state index in [2.05, 4.69) is 39.6 Å². The summed E-state index contributed by atoms with van der Waals surface area (Å²) in [4.78, 5) is 16.7. The topological polar surface area (TPSA) is 93.9 Å². The standard InChI is InChI=1S/C24H35N5O2/c1-28-14-16-29(17-15-28)20-9-7-8-19(18-20)24(31)26-13-6-2-3-12-23(30)27-22-11-5-4-10-21(22)25/h4-5,7-11,18,24,26,31H,2-3,6,12-17,25H2,1H3,(H,27,30). The van der Waals surface area contributed by atoms with Crippen LogP contribution in [-0.2, 0) is 4.79 Å². The molecule has 0 spiro atoms. The van der Waals surface area contributed by atoms with Gasteiger partial charge in [-0.1, -0.05) is 30.7 Å². The average Bonchev–Trinajstić information content (AvgIpc) is 2.78. The van der Waals surface area contributed by atoms with Gasteiger partial charge in [0.15, 0.2) is 0 Å². The van der Waals surface area contributed by atoms with Gasteiger partial charge in [-0.15, -0.1) is 0 Å². The van der Waals surface area contributed by atoms with Crippen LogP contribution in [-0.4, -0.2) is 55.7 Å². The van der Waals surface area contributed by atoms with Gasteiger partial charge in [-0.2, -0.15) is 0 Å². The number of aliphatic hydroxyl groups excluding tert-OH is 1. The van der Waals surface area contributed by atoms with Gasteiger partial charge in [0.1, 0.15) is 6.23 Å². The summed E-state index contributed by atoms with van der Waals surface area (Å²) in [5.41, 5.74) is 9.13. The van der Waals surface area contributed by atoms with Crippen LogP contribution in [0, 0.1) is 0 Å². The second-order valence-electron chi connectivity index (χ2n) is 8.19. The second-order valence-corrected chi connectivity index (χ2v) is 8.19. The Balaban J connectivity index is 1.33. The van der Waals surface area contributed by atoms with Gasteiger partial charge < -0.3 is 26.0 Å². The first-order valence-electron chi connectivity index (χ1n) is 11.1. The smallest absolute Gasteiger partial charge is 0.224 e. The van der Waals surface area contributed by atoms with E-state index in [0.717, 1.165) is 56.7 Å². The van der Waals surface area contributed by atoms with Gasteiger partial charge in [0, 0.05) is 38.3 Å². The number of nitrogens with two attached hydrogens (primary N) is 1. The SMILES string of the molecule is CN1CCN(c2cccc(C(O)NCCCCCC(=O)Nc3ccccc3N)c2)CC1. The van der Waals surface area contributed by atoms with Crippen molar-refractivity contribution in [3.63, 3.8) is 0 Å². The lowest BCUT2D eigenvalue weighted by Crippen LogP contribution is -2.44. The van der Waals surface area contributed by atoms with Crippen molar-refractivity contribution >= 4 is 23.0 Å². The first-order valence-corrected chi connectivity index (χ1v) is 11.1. The molecule has 0 radical (unpaired) electrons. The molecule has 0 bridgehead atoms. The molecule has 1 saturated heterocycles. The zero-order chi connectivity index (χ0) is 22.1. The van der Waals surface area contributed by atoms with Crippen LogP contribution < -0.4 is 21.3 Å². The molecule has 31 heavy (non-hydrogen) atoms. The molecule has 1 unspecified atom stereocenters. The number of nitrogens with zero attached hydrogens (tertiary/aromatic N) is 2. The van der Waals surface area contributed by atoms with Crippen molar-refractivity contribution in [3.8, 4) is 0 Å². The van der Waals surface area contributed by atoms with Crippen molar-refractivity contribution in [1.29, 1.82) is 0 Å². The van der Waals surface area contributed by atoms with Gasteiger partial charge in [-0.3, -0.25) is 10.1 Å². The Morgan fingerprint density at radius 2 is 1.84 bits per heavy atom. The minimum atomic E-state index is -0.684. The largest absolute Gasteiger partial charge is 0.397 e. The van der Waals surface area contributed by atoms with E-state index in [1.807, 2.05) is 24.3 Å². The molecule has 0 aromatic heterocycles. The molecule has 1 aliphatic rings. The number of rotatable bonds is 10. The first-order chi connectivity index (χ1) is 15.0. The van der Waals surface area contributed by atoms with Crippen molar-refractivity contribution in [2.75, 3.05) is 55.7 Å². The molecular weight excluding hydrogens is 390 g/mol. The van der Waals surface area contributed by atoms with E-state index >= 15 is 0 Å². The van der Waals surface area contributed by atoms with E-state index in [0.29, 0.717) is 24.3 Å². The maximum atomic E-state index is 12.0. The number of nitrogens with one attached hydrogen (secondary N) is 2. The Kier molecular flexibility index (Phi) is 8.70. The molecule has 1 amide bonds. The summed E-state index contributed by atoms with van der Waals surface area (Å²) >= 11 is 0. The highest BCUT2D eigenvalue weighted by molar-refractivity contribution is 5.93. The first kappa shape index (κ1) is 23.1. The van der Waals surface area contributed by atoms with E-state index in [4.69, 9.17) is 5.73 Å². The molecule has 7 nitrogen and oxygen atoms in total. The van der Waals surface area contributed by atoms with Crippen LogP contribution in [0.2, 0.25) is 0 Å². The number of nitrogen functional groups attached to an aromatic ring is 1. The lowest BCUT2D eigenvalue weighted by molar-refractivity contribution is -0.116. The summed E-state index contributed by atoms with van der Waals surface area (Å²) in [5, 5.41) is 16.5. The monoisotopic (exact) mass is 425 g/mol. The number of hydrogen-bond acceptors (Lipinski definition) is 6. The lowest BCUT2D eigenvalue weighted by Gasteiger charge is -2.34. The maximum Gasteiger partial charge on any atom is 0.224 e. The number of piperazine rings is 1. The number of aliphatic hydroxyl groups is 1. The fourth-order valence-electron chi connectivity index (χ4n) is 3.72. The highest BCUT2D eigenvalue weighted by Crippen LogP contribution is 2.21. The fraction of sp³-hybridized carbons (Fsp3) is 0.458. The van der Waals surface area contributed by atoms with Crippen molar-refractivity contribution in [2.24, 2.45) is 0 Å². The number of hydrogen-bond donors (Lipinski definition) is 4. The summed E-state index contributed by atoms with van der Waals surface area (Å²) in [6, 6.07) is 15.4. The Bertz CT molecular complexity index is 836. The molecule has 7 heteroatoms. The van der Waals surface area contributed by atoms with Crippen LogP contribution in [0.5, 0.6) is 0 Å². The number of carbonyl (C=O) groups excluding carboxylic acids is 1. The average molecular weight is 426 g/mol. The van der Waals surface area contributed by atoms with Crippen molar-refractivity contribution in [1.82, 2.24) is 10.2 Å². The van der Waals surface area contributed by atoms with Crippen LogP contribution in [0.25, 0.3) is 0 Å². The normalized spacial score (nSPS) is 15.6. The molecule has 1 fully saturated rings. The van der Waals surface area contributed by atoms with Gasteiger partial charge >= 0.3 is 0 Å². The molecule has 0 aliphatic carbocycles. The Labute approximate surface area is 185 Å². The zero-order valence-corrected chi connectivity index (χ0v) is 18.4. The molecule has 0 saturated carbocycles. The maximum absolute atomic E-state index is 12.0. The third-order valence-corrected chi connectivity index (χ3v) is 5.71. The van der Waals surface area contributed by atoms with Crippen molar-refractivity contribution < 1.29 is 9.90 Å². The predicted octanol–water partition coefficient (Wildman–Crippen LogP) is 2.80. The summed E-state index contributed by atoms with van der Waals surface area (Å²) in [5.74, 6) is -0.0217. The minimum Gasteiger partial charge on any atom is -0.397 e. The summed E-state index contributed by atoms with van der Waals surface area (Å²) in [7, 11) is 2.15. The third-order valence-electron chi connectivity index (χ3n) is 5.71. The van der Waals surface area contributed by atoms with Crippen LogP contribution in [0.3, 0.4) is 0 Å². The third kappa shape index (κ3) is 7.24. The Morgan fingerprint density at radius 3 is 2.61 bits per heavy atom. The van der Waals surface area contributed by atoms with Crippen LogP contribution in [0.4, 0.5) is 17.1 Å². The zero-order valence-electron chi connectivity index (χ0n) is 18.4. The van der Waals surface area contributed by atoms with Crippen LogP contribution in [0.15, 0.2) is 48.5 Å². The number of likely N-dealkylation sites (N-methyl/N-ethyl adjacent to an activating group) is 1. The molecule has 168 valence electrons. The number of amides is 1. The van der Waals surface area contributed by atoms with E-state index in [9.17, 15) is 9.90 Å². The highest BCUT2D eigenvalue weighted by Gasteiger charge is 2.15. The Hall–Kier alpha value is -2.61. The quantitative estimate of drug-likeness (QED) is 0.266. The molecular formula is C24H35N5O2.